The van der Waals surface area contributed by atoms with Crippen LogP contribution in [0, 0.1) is 5.82 Å². The minimum absolute atomic E-state index is 0.0265. The Bertz CT molecular complexity index is 1210. The van der Waals surface area contributed by atoms with Crippen LogP contribution >= 0.6 is 42.1 Å². The van der Waals surface area contributed by atoms with Crippen LogP contribution in [0.4, 0.5) is 4.39 Å². The van der Waals surface area contributed by atoms with Crippen LogP contribution in [0.2, 0.25) is 10.0 Å². The summed E-state index contributed by atoms with van der Waals surface area (Å²) in [6.45, 7) is 0.459. The van der Waals surface area contributed by atoms with Gasteiger partial charge in [0.15, 0.2) is 5.66 Å². The zero-order chi connectivity index (χ0) is 22.0. The average Bonchev–Trinajstić information content (AvgIpc) is 3.14. The first-order valence-electron chi connectivity index (χ1n) is 9.35. The minimum Gasteiger partial charge on any atom is -0.332 e. The van der Waals surface area contributed by atoms with E-state index in [2.05, 4.69) is 5.32 Å². The standard InChI is InChI=1S/C21H17Cl2FNO4PS/c22-14-5-6-18-15(11-14)16(12-31-18)20(30(27)28-9-2-10-29-30)21(26)25-8-7-13-3-1-4-17(23)19(13)24/h1,3-8,11-12,20H,2,9-10H2,(H,25,26). The van der Waals surface area contributed by atoms with E-state index in [4.69, 9.17) is 32.2 Å². The Morgan fingerprint density at radius 3 is 2.77 bits per heavy atom. The summed E-state index contributed by atoms with van der Waals surface area (Å²) in [6, 6.07) is 9.84. The average molecular weight is 500 g/mol. The fourth-order valence-corrected chi connectivity index (χ4v) is 6.74. The Morgan fingerprint density at radius 2 is 2.00 bits per heavy atom. The lowest BCUT2D eigenvalue weighted by atomic mass is 10.1. The molecule has 10 heteroatoms. The van der Waals surface area contributed by atoms with Crippen LogP contribution < -0.4 is 5.32 Å². The largest absolute Gasteiger partial charge is 0.347 e. The van der Waals surface area contributed by atoms with Crippen LogP contribution in [-0.4, -0.2) is 19.1 Å². The van der Waals surface area contributed by atoms with Gasteiger partial charge in [0.2, 0.25) is 5.91 Å². The van der Waals surface area contributed by atoms with Crippen molar-refractivity contribution in [2.24, 2.45) is 0 Å². The molecule has 2 aromatic carbocycles. The predicted molar refractivity (Wildman–Crippen MR) is 122 cm³/mol. The number of hydrogen-bond acceptors (Lipinski definition) is 5. The van der Waals surface area contributed by atoms with E-state index in [0.29, 0.717) is 22.4 Å². The molecule has 3 aromatic rings. The molecule has 4 rings (SSSR count). The second-order valence-electron chi connectivity index (χ2n) is 6.78. The molecule has 1 aliphatic rings. The highest BCUT2D eigenvalue weighted by molar-refractivity contribution is 7.55. The quantitative estimate of drug-likeness (QED) is 0.391. The first-order valence-corrected chi connectivity index (χ1v) is 12.6. The van der Waals surface area contributed by atoms with E-state index in [1.165, 1.54) is 35.7 Å². The molecule has 0 saturated carbocycles. The molecular formula is C21H17Cl2FNO4PS. The molecule has 1 atom stereocenters. The highest BCUT2D eigenvalue weighted by Gasteiger charge is 2.45. The number of carbonyl (C=O) groups is 1. The first-order chi connectivity index (χ1) is 14.9. The molecule has 162 valence electrons. The Morgan fingerprint density at radius 1 is 1.23 bits per heavy atom. The Hall–Kier alpha value is -1.73. The number of fused-ring (bicyclic) bond motifs is 1. The van der Waals surface area contributed by atoms with E-state index in [9.17, 15) is 13.8 Å². The van der Waals surface area contributed by atoms with Crippen molar-refractivity contribution < 1.29 is 22.8 Å². The third-order valence-electron chi connectivity index (χ3n) is 4.73. The van der Waals surface area contributed by atoms with Crippen molar-refractivity contribution in [1.29, 1.82) is 0 Å². The lowest BCUT2D eigenvalue weighted by molar-refractivity contribution is -0.120. The van der Waals surface area contributed by atoms with Crippen molar-refractivity contribution in [1.82, 2.24) is 5.32 Å². The molecule has 0 aliphatic carbocycles. The monoisotopic (exact) mass is 499 g/mol. The Labute approximate surface area is 192 Å². The van der Waals surface area contributed by atoms with E-state index in [0.717, 1.165) is 4.70 Å². The minimum atomic E-state index is -3.79. The van der Waals surface area contributed by atoms with Gasteiger partial charge < -0.3 is 14.4 Å². The third kappa shape index (κ3) is 4.72. The van der Waals surface area contributed by atoms with Gasteiger partial charge in [-0.3, -0.25) is 9.36 Å². The highest BCUT2D eigenvalue weighted by atomic mass is 35.5. The molecule has 0 bridgehead atoms. The maximum atomic E-state index is 14.1. The van der Waals surface area contributed by atoms with Crippen molar-refractivity contribution in [2.75, 3.05) is 13.2 Å². The fourth-order valence-electron chi connectivity index (χ4n) is 3.26. The molecule has 1 saturated heterocycles. The van der Waals surface area contributed by atoms with Gasteiger partial charge in [-0.25, -0.2) is 4.39 Å². The number of thiophene rings is 1. The van der Waals surface area contributed by atoms with Crippen molar-refractivity contribution in [3.63, 3.8) is 0 Å². The summed E-state index contributed by atoms with van der Waals surface area (Å²) >= 11 is 13.3. The number of benzene rings is 2. The van der Waals surface area contributed by atoms with E-state index < -0.39 is 25.0 Å². The van der Waals surface area contributed by atoms with Crippen LogP contribution in [0.5, 0.6) is 0 Å². The molecule has 1 aliphatic heterocycles. The van der Waals surface area contributed by atoms with Crippen LogP contribution in [0.3, 0.4) is 0 Å². The van der Waals surface area contributed by atoms with Gasteiger partial charge in [-0.2, -0.15) is 0 Å². The van der Waals surface area contributed by atoms with E-state index in [1.807, 2.05) is 6.07 Å². The van der Waals surface area contributed by atoms with E-state index in [1.54, 1.807) is 23.6 Å². The smallest absolute Gasteiger partial charge is 0.332 e. The summed E-state index contributed by atoms with van der Waals surface area (Å²) in [7, 11) is -3.79. The normalized spacial score (nSPS) is 17.1. The summed E-state index contributed by atoms with van der Waals surface area (Å²) in [6.07, 6.45) is 3.24. The zero-order valence-electron chi connectivity index (χ0n) is 16.0. The summed E-state index contributed by atoms with van der Waals surface area (Å²) in [4.78, 5) is 13.2. The van der Waals surface area contributed by atoms with Gasteiger partial charge in [0.1, 0.15) is 5.82 Å². The number of rotatable bonds is 5. The maximum absolute atomic E-state index is 14.1. The molecular weight excluding hydrogens is 483 g/mol. The molecule has 0 radical (unpaired) electrons. The van der Waals surface area contributed by atoms with Crippen LogP contribution in [0.25, 0.3) is 16.2 Å². The lowest BCUT2D eigenvalue weighted by Crippen LogP contribution is -2.28. The zero-order valence-corrected chi connectivity index (χ0v) is 19.2. The summed E-state index contributed by atoms with van der Waals surface area (Å²) in [5.41, 5.74) is -0.490. The molecule has 1 amide bonds. The number of nitrogens with one attached hydrogen (secondary N) is 1. The molecule has 0 spiro atoms. The van der Waals surface area contributed by atoms with Gasteiger partial charge in [0, 0.05) is 21.5 Å². The van der Waals surface area contributed by atoms with Crippen molar-refractivity contribution in [2.45, 2.75) is 12.1 Å². The SMILES string of the molecule is O=C(NC=Cc1cccc(Cl)c1F)C(c1csc2ccc(Cl)cc12)P1(=O)OCCCO1. The van der Waals surface area contributed by atoms with Gasteiger partial charge in [-0.15, -0.1) is 11.3 Å². The lowest BCUT2D eigenvalue weighted by Gasteiger charge is -2.29. The second kappa shape index (κ2) is 9.41. The highest BCUT2D eigenvalue weighted by Crippen LogP contribution is 2.63. The Balaban J connectivity index is 1.68. The van der Waals surface area contributed by atoms with Crippen LogP contribution in [0.1, 0.15) is 23.2 Å². The molecule has 1 N–H and O–H groups in total. The van der Waals surface area contributed by atoms with Crippen molar-refractivity contribution in [3.05, 3.63) is 75.0 Å². The predicted octanol–water partition coefficient (Wildman–Crippen LogP) is 6.81. The fraction of sp³-hybridized carbons (Fsp3) is 0.190. The van der Waals surface area contributed by atoms with Gasteiger partial charge >= 0.3 is 7.60 Å². The first kappa shape index (κ1) is 22.5. The number of halogens is 3. The maximum Gasteiger partial charge on any atom is 0.347 e. The molecule has 2 heterocycles. The van der Waals surface area contributed by atoms with Crippen molar-refractivity contribution >= 4 is 64.2 Å². The molecule has 1 aromatic heterocycles. The topological polar surface area (TPSA) is 64.6 Å². The summed E-state index contributed by atoms with van der Waals surface area (Å²) < 4.78 is 39.5. The van der Waals surface area contributed by atoms with Gasteiger partial charge in [-0.1, -0.05) is 35.3 Å². The third-order valence-corrected chi connectivity index (χ3v) is 8.46. The van der Waals surface area contributed by atoms with Gasteiger partial charge in [0.05, 0.1) is 18.2 Å². The van der Waals surface area contributed by atoms with Crippen LogP contribution in [-0.2, 0) is 18.4 Å². The molecule has 31 heavy (non-hydrogen) atoms. The second-order valence-corrected chi connectivity index (χ2v) is 10.6. The van der Waals surface area contributed by atoms with Gasteiger partial charge in [-0.05, 0) is 53.1 Å². The summed E-state index contributed by atoms with van der Waals surface area (Å²) in [5, 5.41) is 5.50. The summed E-state index contributed by atoms with van der Waals surface area (Å²) in [5.74, 6) is -1.19. The van der Waals surface area contributed by atoms with Gasteiger partial charge in [0.25, 0.3) is 0 Å². The van der Waals surface area contributed by atoms with E-state index >= 15 is 0 Å². The Kier molecular flexibility index (Phi) is 6.82. The van der Waals surface area contributed by atoms with Crippen molar-refractivity contribution in [3.8, 4) is 0 Å². The number of carbonyl (C=O) groups excluding carboxylic acids is 1. The number of hydrogen-bond donors (Lipinski definition) is 1. The van der Waals surface area contributed by atoms with Crippen LogP contribution in [0.15, 0.2) is 48.0 Å². The molecule has 1 unspecified atom stereocenters. The number of amides is 1. The molecule has 1 fully saturated rings. The van der Waals surface area contributed by atoms with E-state index in [-0.39, 0.29) is 23.8 Å². The molecule has 5 nitrogen and oxygen atoms in total.